The minimum absolute atomic E-state index is 0.283. The SMILES string of the molecule is COC(=O)c1c(NC(=O)c2ccccc2OCC(C)C)sc2c1CCC2. The number of esters is 1. The normalized spacial score (nSPS) is 12.8. The van der Waals surface area contributed by atoms with E-state index in [0.717, 1.165) is 29.7 Å². The van der Waals surface area contributed by atoms with Crippen LogP contribution in [-0.2, 0) is 17.6 Å². The molecular formula is C20H23NO4S. The lowest BCUT2D eigenvalue weighted by Crippen LogP contribution is -2.16. The summed E-state index contributed by atoms with van der Waals surface area (Å²) in [4.78, 5) is 26.2. The summed E-state index contributed by atoms with van der Waals surface area (Å²) in [6, 6.07) is 7.15. The number of hydrogen-bond acceptors (Lipinski definition) is 5. The molecule has 1 aromatic heterocycles. The van der Waals surface area contributed by atoms with Crippen molar-refractivity contribution < 1.29 is 19.1 Å². The van der Waals surface area contributed by atoms with Crippen LogP contribution in [0.1, 0.15) is 51.4 Å². The van der Waals surface area contributed by atoms with Crippen molar-refractivity contribution in [2.75, 3.05) is 19.0 Å². The maximum Gasteiger partial charge on any atom is 0.341 e. The van der Waals surface area contributed by atoms with Crippen LogP contribution in [0.25, 0.3) is 0 Å². The third kappa shape index (κ3) is 3.75. The molecule has 1 heterocycles. The summed E-state index contributed by atoms with van der Waals surface area (Å²) in [7, 11) is 1.36. The molecule has 6 heteroatoms. The second-order valence-electron chi connectivity index (χ2n) is 6.71. The Morgan fingerprint density at radius 3 is 2.73 bits per heavy atom. The molecule has 0 bridgehead atoms. The highest BCUT2D eigenvalue weighted by molar-refractivity contribution is 7.17. The molecule has 0 radical (unpaired) electrons. The van der Waals surface area contributed by atoms with Gasteiger partial charge in [0, 0.05) is 4.88 Å². The van der Waals surface area contributed by atoms with Crippen molar-refractivity contribution in [2.45, 2.75) is 33.1 Å². The van der Waals surface area contributed by atoms with Crippen LogP contribution in [-0.4, -0.2) is 25.6 Å². The number of nitrogens with one attached hydrogen (secondary N) is 1. The van der Waals surface area contributed by atoms with Gasteiger partial charge in [0.15, 0.2) is 0 Å². The van der Waals surface area contributed by atoms with Gasteiger partial charge >= 0.3 is 5.97 Å². The van der Waals surface area contributed by atoms with Crippen molar-refractivity contribution in [3.05, 3.63) is 45.8 Å². The number of amides is 1. The molecule has 1 N–H and O–H groups in total. The van der Waals surface area contributed by atoms with Crippen LogP contribution < -0.4 is 10.1 Å². The Morgan fingerprint density at radius 2 is 2.00 bits per heavy atom. The predicted molar refractivity (Wildman–Crippen MR) is 102 cm³/mol. The molecule has 0 saturated carbocycles. The summed E-state index contributed by atoms with van der Waals surface area (Å²) < 4.78 is 10.7. The first kappa shape index (κ1) is 18.5. The smallest absolute Gasteiger partial charge is 0.341 e. The van der Waals surface area contributed by atoms with Crippen LogP contribution in [0.3, 0.4) is 0 Å². The standard InChI is InChI=1S/C20H23NO4S/c1-12(2)11-25-15-9-5-4-7-13(15)18(22)21-19-17(20(23)24-3)14-8-6-10-16(14)26-19/h4-5,7,9,12H,6,8,10-11H2,1-3H3,(H,21,22). The molecule has 0 unspecified atom stereocenters. The predicted octanol–water partition coefficient (Wildman–Crippen LogP) is 4.31. The van der Waals surface area contributed by atoms with E-state index in [1.165, 1.54) is 18.4 Å². The number of thiophene rings is 1. The summed E-state index contributed by atoms with van der Waals surface area (Å²) in [5, 5.41) is 3.46. The summed E-state index contributed by atoms with van der Waals surface area (Å²) in [6.07, 6.45) is 2.82. The average Bonchev–Trinajstić information content (AvgIpc) is 3.20. The number of ether oxygens (including phenoxy) is 2. The first-order valence-corrected chi connectivity index (χ1v) is 9.59. The minimum Gasteiger partial charge on any atom is -0.492 e. The molecule has 1 aliphatic carbocycles. The Morgan fingerprint density at radius 1 is 1.23 bits per heavy atom. The number of carbonyl (C=O) groups is 2. The lowest BCUT2D eigenvalue weighted by molar-refractivity contribution is 0.0601. The molecule has 5 nitrogen and oxygen atoms in total. The maximum atomic E-state index is 12.8. The highest BCUT2D eigenvalue weighted by Gasteiger charge is 2.28. The van der Waals surface area contributed by atoms with E-state index >= 15 is 0 Å². The van der Waals surface area contributed by atoms with Gasteiger partial charge in [-0.1, -0.05) is 26.0 Å². The number of carbonyl (C=O) groups excluding carboxylic acids is 2. The largest absolute Gasteiger partial charge is 0.492 e. The second-order valence-corrected chi connectivity index (χ2v) is 7.81. The van der Waals surface area contributed by atoms with E-state index in [-0.39, 0.29) is 5.91 Å². The first-order valence-electron chi connectivity index (χ1n) is 8.77. The zero-order chi connectivity index (χ0) is 18.7. The highest BCUT2D eigenvalue weighted by Crippen LogP contribution is 2.39. The lowest BCUT2D eigenvalue weighted by Gasteiger charge is -2.13. The van der Waals surface area contributed by atoms with E-state index < -0.39 is 5.97 Å². The Hall–Kier alpha value is -2.34. The zero-order valence-corrected chi connectivity index (χ0v) is 16.1. The fourth-order valence-electron chi connectivity index (χ4n) is 3.02. The topological polar surface area (TPSA) is 64.6 Å². The molecule has 0 aliphatic heterocycles. The van der Waals surface area contributed by atoms with Gasteiger partial charge in [-0.25, -0.2) is 4.79 Å². The third-order valence-electron chi connectivity index (χ3n) is 4.24. The number of fused-ring (bicyclic) bond motifs is 1. The van der Waals surface area contributed by atoms with Gasteiger partial charge in [0.1, 0.15) is 10.8 Å². The average molecular weight is 373 g/mol. The van der Waals surface area contributed by atoms with Crippen LogP contribution in [0.4, 0.5) is 5.00 Å². The number of aryl methyl sites for hydroxylation is 1. The van der Waals surface area contributed by atoms with Crippen LogP contribution in [0.2, 0.25) is 0 Å². The Kier molecular flexibility index (Phi) is 5.61. The summed E-state index contributed by atoms with van der Waals surface area (Å²) in [6.45, 7) is 4.64. The lowest BCUT2D eigenvalue weighted by atomic mass is 10.1. The van der Waals surface area contributed by atoms with Crippen LogP contribution in [0.15, 0.2) is 24.3 Å². The van der Waals surface area contributed by atoms with Gasteiger partial charge < -0.3 is 14.8 Å². The van der Waals surface area contributed by atoms with Crippen molar-refractivity contribution >= 4 is 28.2 Å². The molecule has 1 aliphatic rings. The number of methoxy groups -OCH3 is 1. The molecule has 0 atom stereocenters. The maximum absolute atomic E-state index is 12.8. The van der Waals surface area contributed by atoms with Gasteiger partial charge in [-0.05, 0) is 42.9 Å². The van der Waals surface area contributed by atoms with E-state index in [0.29, 0.717) is 34.4 Å². The molecule has 2 aromatic rings. The van der Waals surface area contributed by atoms with Crippen molar-refractivity contribution in [2.24, 2.45) is 5.92 Å². The van der Waals surface area contributed by atoms with Gasteiger partial charge in [-0.15, -0.1) is 11.3 Å². The molecule has 0 fully saturated rings. The first-order chi connectivity index (χ1) is 12.5. The zero-order valence-electron chi connectivity index (χ0n) is 15.3. The van der Waals surface area contributed by atoms with Crippen LogP contribution in [0.5, 0.6) is 5.75 Å². The molecule has 0 spiro atoms. The summed E-state index contributed by atoms with van der Waals surface area (Å²) in [5.41, 5.74) is 1.97. The number of anilines is 1. The second kappa shape index (κ2) is 7.91. The molecule has 1 aromatic carbocycles. The van der Waals surface area contributed by atoms with E-state index in [4.69, 9.17) is 9.47 Å². The van der Waals surface area contributed by atoms with Crippen LogP contribution >= 0.6 is 11.3 Å². The van der Waals surface area contributed by atoms with E-state index in [9.17, 15) is 9.59 Å². The van der Waals surface area contributed by atoms with E-state index in [1.807, 2.05) is 6.07 Å². The van der Waals surface area contributed by atoms with Gasteiger partial charge in [0.2, 0.25) is 0 Å². The Labute approximate surface area is 157 Å². The van der Waals surface area contributed by atoms with Crippen molar-refractivity contribution in [1.29, 1.82) is 0 Å². The number of benzene rings is 1. The molecule has 138 valence electrons. The Balaban J connectivity index is 1.87. The van der Waals surface area contributed by atoms with Crippen molar-refractivity contribution in [3.8, 4) is 5.75 Å². The minimum atomic E-state index is -0.399. The highest BCUT2D eigenvalue weighted by atomic mass is 32.1. The molecule has 3 rings (SSSR count). The monoisotopic (exact) mass is 373 g/mol. The molecule has 0 saturated heterocycles. The summed E-state index contributed by atoms with van der Waals surface area (Å²) >= 11 is 1.47. The number of hydrogen-bond donors (Lipinski definition) is 1. The third-order valence-corrected chi connectivity index (χ3v) is 5.45. The van der Waals surface area contributed by atoms with E-state index in [2.05, 4.69) is 19.2 Å². The number of para-hydroxylation sites is 1. The van der Waals surface area contributed by atoms with Gasteiger partial charge in [-0.3, -0.25) is 4.79 Å². The molecule has 26 heavy (non-hydrogen) atoms. The van der Waals surface area contributed by atoms with Gasteiger partial charge in [-0.2, -0.15) is 0 Å². The molecular weight excluding hydrogens is 350 g/mol. The van der Waals surface area contributed by atoms with E-state index in [1.54, 1.807) is 18.2 Å². The van der Waals surface area contributed by atoms with Gasteiger partial charge in [0.05, 0.1) is 24.8 Å². The molecule has 1 amide bonds. The quantitative estimate of drug-likeness (QED) is 0.766. The Bertz CT molecular complexity index is 825. The summed E-state index contributed by atoms with van der Waals surface area (Å²) in [5.74, 6) is 0.221. The van der Waals surface area contributed by atoms with Gasteiger partial charge in [0.25, 0.3) is 5.91 Å². The fourth-order valence-corrected chi connectivity index (χ4v) is 4.29. The fraction of sp³-hybridized carbons (Fsp3) is 0.400. The van der Waals surface area contributed by atoms with Crippen molar-refractivity contribution in [1.82, 2.24) is 0 Å². The number of rotatable bonds is 6. The van der Waals surface area contributed by atoms with Crippen molar-refractivity contribution in [3.63, 3.8) is 0 Å². The van der Waals surface area contributed by atoms with Crippen LogP contribution in [0, 0.1) is 5.92 Å².